The summed E-state index contributed by atoms with van der Waals surface area (Å²) in [7, 11) is -3.72. The van der Waals surface area contributed by atoms with Gasteiger partial charge in [0.15, 0.2) is 0 Å². The number of amides is 1. The van der Waals surface area contributed by atoms with Gasteiger partial charge in [0.2, 0.25) is 15.9 Å². The highest BCUT2D eigenvalue weighted by Crippen LogP contribution is 2.12. The summed E-state index contributed by atoms with van der Waals surface area (Å²) in [6.07, 6.45) is 0. The third kappa shape index (κ3) is 4.96. The molecule has 2 rings (SSSR count). The van der Waals surface area contributed by atoms with Gasteiger partial charge in [0, 0.05) is 12.2 Å². The molecule has 1 amide bonds. The van der Waals surface area contributed by atoms with E-state index in [9.17, 15) is 13.2 Å². The molecule has 0 aliphatic rings. The number of anilines is 1. The zero-order valence-corrected chi connectivity index (χ0v) is 12.6. The summed E-state index contributed by atoms with van der Waals surface area (Å²) in [4.78, 5) is 11.8. The van der Waals surface area contributed by atoms with Crippen LogP contribution in [-0.4, -0.2) is 20.9 Å². The summed E-state index contributed by atoms with van der Waals surface area (Å²) in [6.45, 7) is 0.754. The van der Waals surface area contributed by atoms with Crippen LogP contribution < -0.4 is 15.8 Å². The van der Waals surface area contributed by atoms with Crippen LogP contribution >= 0.6 is 0 Å². The molecule has 0 fully saturated rings. The van der Waals surface area contributed by atoms with Crippen molar-refractivity contribution in [2.75, 3.05) is 11.9 Å². The van der Waals surface area contributed by atoms with Crippen LogP contribution in [0.2, 0.25) is 0 Å². The number of hydrogen-bond donors (Lipinski definition) is 3. The number of carbonyl (C=O) groups is 1. The Labute approximate surface area is 129 Å². The van der Waals surface area contributed by atoms with Crippen molar-refractivity contribution < 1.29 is 13.2 Å². The zero-order valence-electron chi connectivity index (χ0n) is 11.8. The lowest BCUT2D eigenvalue weighted by atomic mass is 10.2. The molecular formula is C15H17N3O3S. The van der Waals surface area contributed by atoms with Crippen molar-refractivity contribution >= 4 is 21.6 Å². The van der Waals surface area contributed by atoms with Gasteiger partial charge in [-0.1, -0.05) is 30.3 Å². The Hall–Kier alpha value is -2.22. The summed E-state index contributed by atoms with van der Waals surface area (Å²) >= 11 is 0. The zero-order chi connectivity index (χ0) is 16.0. The Bertz CT molecular complexity index is 728. The molecule has 4 N–H and O–H groups in total. The summed E-state index contributed by atoms with van der Waals surface area (Å²) in [5.41, 5.74) is 1.60. The highest BCUT2D eigenvalue weighted by molar-refractivity contribution is 7.89. The predicted octanol–water partition coefficient (Wildman–Crippen LogP) is 1.06. The first-order valence-electron chi connectivity index (χ1n) is 6.62. The lowest BCUT2D eigenvalue weighted by Crippen LogP contribution is -2.27. The highest BCUT2D eigenvalue weighted by atomic mass is 32.2. The van der Waals surface area contributed by atoms with E-state index in [0.717, 1.165) is 5.56 Å². The third-order valence-corrected chi connectivity index (χ3v) is 3.85. The molecule has 7 heteroatoms. The maximum Gasteiger partial charge on any atom is 0.238 e. The van der Waals surface area contributed by atoms with E-state index in [2.05, 4.69) is 10.6 Å². The molecule has 0 aliphatic heterocycles. The molecule has 22 heavy (non-hydrogen) atoms. The number of hydrogen-bond acceptors (Lipinski definition) is 4. The smallest absolute Gasteiger partial charge is 0.238 e. The van der Waals surface area contributed by atoms with Crippen LogP contribution in [0.4, 0.5) is 5.69 Å². The molecule has 0 aromatic heterocycles. The molecule has 0 unspecified atom stereocenters. The minimum absolute atomic E-state index is 0.00713. The number of primary sulfonamides is 1. The molecular weight excluding hydrogens is 302 g/mol. The fraction of sp³-hybridized carbons (Fsp3) is 0.133. The van der Waals surface area contributed by atoms with E-state index < -0.39 is 10.0 Å². The van der Waals surface area contributed by atoms with Crippen LogP contribution in [-0.2, 0) is 21.4 Å². The fourth-order valence-electron chi connectivity index (χ4n) is 1.85. The van der Waals surface area contributed by atoms with Crippen LogP contribution in [0.15, 0.2) is 59.5 Å². The number of carbonyl (C=O) groups excluding carboxylic acids is 1. The molecule has 116 valence electrons. The van der Waals surface area contributed by atoms with E-state index in [0.29, 0.717) is 12.2 Å². The molecule has 0 heterocycles. The van der Waals surface area contributed by atoms with Crippen molar-refractivity contribution in [1.29, 1.82) is 0 Å². The highest BCUT2D eigenvalue weighted by Gasteiger charge is 2.07. The van der Waals surface area contributed by atoms with Gasteiger partial charge >= 0.3 is 0 Å². The van der Waals surface area contributed by atoms with Crippen molar-refractivity contribution in [2.45, 2.75) is 11.4 Å². The number of nitrogens with one attached hydrogen (secondary N) is 2. The lowest BCUT2D eigenvalue weighted by Gasteiger charge is -2.07. The maximum absolute atomic E-state index is 11.8. The molecule has 6 nitrogen and oxygen atoms in total. The van der Waals surface area contributed by atoms with Crippen LogP contribution in [0.3, 0.4) is 0 Å². The topological polar surface area (TPSA) is 101 Å². The number of sulfonamides is 1. The largest absolute Gasteiger partial charge is 0.325 e. The van der Waals surface area contributed by atoms with Gasteiger partial charge in [0.25, 0.3) is 0 Å². The van der Waals surface area contributed by atoms with E-state index in [1.165, 1.54) is 24.3 Å². The van der Waals surface area contributed by atoms with Gasteiger partial charge in [-0.15, -0.1) is 0 Å². The monoisotopic (exact) mass is 319 g/mol. The van der Waals surface area contributed by atoms with Crippen molar-refractivity contribution in [3.05, 3.63) is 60.2 Å². The Morgan fingerprint density at radius 2 is 1.64 bits per heavy atom. The van der Waals surface area contributed by atoms with Crippen LogP contribution in [0.1, 0.15) is 5.56 Å². The van der Waals surface area contributed by atoms with Gasteiger partial charge < -0.3 is 10.6 Å². The van der Waals surface area contributed by atoms with Gasteiger partial charge in [-0.05, 0) is 29.8 Å². The molecule has 2 aromatic rings. The van der Waals surface area contributed by atoms with Gasteiger partial charge in [-0.25, -0.2) is 13.6 Å². The summed E-state index contributed by atoms with van der Waals surface area (Å²) < 4.78 is 22.2. The van der Waals surface area contributed by atoms with Crippen LogP contribution in [0.25, 0.3) is 0 Å². The van der Waals surface area contributed by atoms with Crippen LogP contribution in [0, 0.1) is 0 Å². The predicted molar refractivity (Wildman–Crippen MR) is 84.6 cm³/mol. The molecule has 0 radical (unpaired) electrons. The van der Waals surface area contributed by atoms with Gasteiger partial charge in [0.1, 0.15) is 0 Å². The minimum atomic E-state index is -3.72. The molecule has 2 aromatic carbocycles. The molecule has 0 saturated heterocycles. The number of rotatable bonds is 6. The SMILES string of the molecule is NS(=O)(=O)c1ccc(NC(=O)CNCc2ccccc2)cc1. The molecule has 0 aliphatic carbocycles. The standard InChI is InChI=1S/C15H17N3O3S/c16-22(20,21)14-8-6-13(7-9-14)18-15(19)11-17-10-12-4-2-1-3-5-12/h1-9,17H,10-11H2,(H,18,19)(H2,16,20,21). The first-order chi connectivity index (χ1) is 10.4. The minimum Gasteiger partial charge on any atom is -0.325 e. The number of nitrogens with two attached hydrogens (primary N) is 1. The second-order valence-electron chi connectivity index (χ2n) is 4.71. The van der Waals surface area contributed by atoms with E-state index in [1.54, 1.807) is 0 Å². The summed E-state index contributed by atoms with van der Waals surface area (Å²) in [6, 6.07) is 15.4. The van der Waals surface area contributed by atoms with Crippen LogP contribution in [0.5, 0.6) is 0 Å². The maximum atomic E-state index is 11.8. The van der Waals surface area contributed by atoms with E-state index in [1.807, 2.05) is 30.3 Å². The van der Waals surface area contributed by atoms with Crippen molar-refractivity contribution in [1.82, 2.24) is 5.32 Å². The third-order valence-electron chi connectivity index (χ3n) is 2.92. The van der Waals surface area contributed by atoms with E-state index >= 15 is 0 Å². The Balaban J connectivity index is 1.82. The average molecular weight is 319 g/mol. The van der Waals surface area contributed by atoms with Crippen molar-refractivity contribution in [3.63, 3.8) is 0 Å². The molecule has 0 spiro atoms. The fourth-order valence-corrected chi connectivity index (χ4v) is 2.36. The number of benzene rings is 2. The second kappa shape index (κ2) is 7.17. The van der Waals surface area contributed by atoms with E-state index in [4.69, 9.17) is 5.14 Å². The Morgan fingerprint density at radius 1 is 1.00 bits per heavy atom. The Morgan fingerprint density at radius 3 is 2.23 bits per heavy atom. The van der Waals surface area contributed by atoms with Gasteiger partial charge in [-0.2, -0.15) is 0 Å². The average Bonchev–Trinajstić information content (AvgIpc) is 2.48. The quantitative estimate of drug-likeness (QED) is 0.741. The first kappa shape index (κ1) is 16.2. The van der Waals surface area contributed by atoms with Gasteiger partial charge in [-0.3, -0.25) is 4.79 Å². The summed E-state index contributed by atoms with van der Waals surface area (Å²) in [5, 5.41) is 10.7. The van der Waals surface area contributed by atoms with E-state index in [-0.39, 0.29) is 17.3 Å². The molecule has 0 saturated carbocycles. The van der Waals surface area contributed by atoms with Crippen molar-refractivity contribution in [3.8, 4) is 0 Å². The van der Waals surface area contributed by atoms with Crippen molar-refractivity contribution in [2.24, 2.45) is 5.14 Å². The lowest BCUT2D eigenvalue weighted by molar-refractivity contribution is -0.115. The van der Waals surface area contributed by atoms with Gasteiger partial charge in [0.05, 0.1) is 11.4 Å². The second-order valence-corrected chi connectivity index (χ2v) is 6.27. The normalized spacial score (nSPS) is 11.1. The molecule has 0 bridgehead atoms. The first-order valence-corrected chi connectivity index (χ1v) is 8.17. The molecule has 0 atom stereocenters. The Kier molecular flexibility index (Phi) is 5.26. The summed E-state index contributed by atoms with van der Waals surface area (Å²) in [5.74, 6) is -0.209.